The van der Waals surface area contributed by atoms with E-state index in [1.165, 1.54) is 0 Å². The van der Waals surface area contributed by atoms with Gasteiger partial charge in [0.25, 0.3) is 5.91 Å². The lowest BCUT2D eigenvalue weighted by molar-refractivity contribution is 0.0944. The van der Waals surface area contributed by atoms with E-state index in [9.17, 15) is 4.79 Å². The number of hydrogen-bond donors (Lipinski definition) is 3. The van der Waals surface area contributed by atoms with Crippen LogP contribution in [0.3, 0.4) is 0 Å². The molecule has 1 amide bonds. The topological polar surface area (TPSA) is 69.8 Å². The van der Waals surface area contributed by atoms with Gasteiger partial charge in [0, 0.05) is 12.1 Å². The van der Waals surface area contributed by atoms with E-state index >= 15 is 0 Å². The number of hydrogen-bond acceptors (Lipinski definition) is 3. The smallest absolute Gasteiger partial charge is 0.251 e. The Hall–Kier alpha value is -1.88. The second-order valence-electron chi connectivity index (χ2n) is 5.04. The summed E-state index contributed by atoms with van der Waals surface area (Å²) in [4.78, 5) is 19.3. The maximum absolute atomic E-state index is 12.1. The number of benzene rings is 1. The summed E-state index contributed by atoms with van der Waals surface area (Å²) >= 11 is 0. The molecular formula is C14H18N4O. The molecule has 3 N–H and O–H groups in total. The van der Waals surface area contributed by atoms with Gasteiger partial charge in [0.2, 0.25) is 0 Å². The minimum absolute atomic E-state index is 0.0107. The normalized spacial score (nSPS) is 16.6. The molecule has 19 heavy (non-hydrogen) atoms. The Bertz CT molecular complexity index is 572. The Morgan fingerprint density at radius 2 is 2.21 bits per heavy atom. The molecule has 2 heterocycles. The predicted octanol–water partition coefficient (Wildman–Crippen LogP) is 1.29. The number of aromatic amines is 1. The highest BCUT2D eigenvalue weighted by molar-refractivity contribution is 5.97. The van der Waals surface area contributed by atoms with E-state index in [1.54, 1.807) is 6.33 Å². The Morgan fingerprint density at radius 1 is 1.37 bits per heavy atom. The van der Waals surface area contributed by atoms with Crippen LogP contribution in [0.1, 0.15) is 23.2 Å². The summed E-state index contributed by atoms with van der Waals surface area (Å²) < 4.78 is 0. The molecule has 1 aromatic heterocycles. The number of H-pyrrole nitrogens is 1. The number of imidazole rings is 1. The van der Waals surface area contributed by atoms with Gasteiger partial charge in [-0.25, -0.2) is 4.98 Å². The number of carbonyl (C=O) groups is 1. The van der Waals surface area contributed by atoms with Crippen LogP contribution in [0.25, 0.3) is 11.0 Å². The van der Waals surface area contributed by atoms with Crippen molar-refractivity contribution in [3.63, 3.8) is 0 Å². The molecule has 1 saturated heterocycles. The summed E-state index contributed by atoms with van der Waals surface area (Å²) in [5.41, 5.74) is 2.46. The van der Waals surface area contributed by atoms with E-state index in [0.717, 1.165) is 43.5 Å². The van der Waals surface area contributed by atoms with Crippen molar-refractivity contribution in [2.24, 2.45) is 5.92 Å². The SMILES string of the molecule is O=C(NCC1CCNCC1)c1ccc2[nH]cnc2c1. The fraction of sp³-hybridized carbons (Fsp3) is 0.429. The number of rotatable bonds is 3. The maximum atomic E-state index is 12.1. The van der Waals surface area contributed by atoms with Crippen molar-refractivity contribution in [1.29, 1.82) is 0 Å². The fourth-order valence-electron chi connectivity index (χ4n) is 2.50. The molecule has 0 radical (unpaired) electrons. The molecular weight excluding hydrogens is 240 g/mol. The summed E-state index contributed by atoms with van der Waals surface area (Å²) in [7, 11) is 0. The molecule has 0 aliphatic carbocycles. The van der Waals surface area contributed by atoms with Crippen LogP contribution in [0.15, 0.2) is 24.5 Å². The fourth-order valence-corrected chi connectivity index (χ4v) is 2.50. The third-order valence-corrected chi connectivity index (χ3v) is 3.69. The van der Waals surface area contributed by atoms with Gasteiger partial charge in [-0.05, 0) is 50.0 Å². The first-order valence-corrected chi connectivity index (χ1v) is 6.75. The zero-order valence-corrected chi connectivity index (χ0v) is 10.8. The number of piperidine rings is 1. The molecule has 5 nitrogen and oxygen atoms in total. The molecule has 5 heteroatoms. The Labute approximate surface area is 111 Å². The molecule has 2 aromatic rings. The van der Waals surface area contributed by atoms with Gasteiger partial charge in [0.05, 0.1) is 17.4 Å². The minimum atomic E-state index is -0.0107. The molecule has 0 spiro atoms. The van der Waals surface area contributed by atoms with Gasteiger partial charge in [-0.3, -0.25) is 4.79 Å². The molecule has 0 unspecified atom stereocenters. The predicted molar refractivity (Wildman–Crippen MR) is 74.0 cm³/mol. The largest absolute Gasteiger partial charge is 0.352 e. The van der Waals surface area contributed by atoms with Gasteiger partial charge in [0.15, 0.2) is 0 Å². The van der Waals surface area contributed by atoms with E-state index in [1.807, 2.05) is 18.2 Å². The standard InChI is InChI=1S/C14H18N4O/c19-14(16-8-10-3-5-15-6-4-10)11-1-2-12-13(7-11)18-9-17-12/h1-2,7,9-10,15H,3-6,8H2,(H,16,19)(H,17,18). The number of fused-ring (bicyclic) bond motifs is 1. The Balaban J connectivity index is 1.62. The molecule has 1 aliphatic rings. The molecule has 1 aliphatic heterocycles. The van der Waals surface area contributed by atoms with Crippen molar-refractivity contribution < 1.29 is 4.79 Å². The van der Waals surface area contributed by atoms with Crippen molar-refractivity contribution in [2.45, 2.75) is 12.8 Å². The van der Waals surface area contributed by atoms with Crippen LogP contribution in [0, 0.1) is 5.92 Å². The van der Waals surface area contributed by atoms with Gasteiger partial charge < -0.3 is 15.6 Å². The maximum Gasteiger partial charge on any atom is 0.251 e. The van der Waals surface area contributed by atoms with Crippen LogP contribution in [0.5, 0.6) is 0 Å². The number of nitrogens with zero attached hydrogens (tertiary/aromatic N) is 1. The van der Waals surface area contributed by atoms with E-state index in [4.69, 9.17) is 0 Å². The van der Waals surface area contributed by atoms with Crippen molar-refractivity contribution >= 4 is 16.9 Å². The third-order valence-electron chi connectivity index (χ3n) is 3.69. The Morgan fingerprint density at radius 3 is 3.05 bits per heavy atom. The Kier molecular flexibility index (Phi) is 3.46. The molecule has 0 atom stereocenters. The van der Waals surface area contributed by atoms with Crippen LogP contribution >= 0.6 is 0 Å². The van der Waals surface area contributed by atoms with Gasteiger partial charge in [-0.1, -0.05) is 0 Å². The summed E-state index contributed by atoms with van der Waals surface area (Å²) in [6.07, 6.45) is 3.92. The van der Waals surface area contributed by atoms with Crippen LogP contribution in [-0.4, -0.2) is 35.5 Å². The lowest BCUT2D eigenvalue weighted by Crippen LogP contribution is -2.35. The lowest BCUT2D eigenvalue weighted by atomic mass is 9.98. The van der Waals surface area contributed by atoms with Crippen LogP contribution < -0.4 is 10.6 Å². The third kappa shape index (κ3) is 2.76. The molecule has 100 valence electrons. The first-order chi connectivity index (χ1) is 9.33. The zero-order chi connectivity index (χ0) is 13.1. The van der Waals surface area contributed by atoms with Crippen molar-refractivity contribution in [1.82, 2.24) is 20.6 Å². The average molecular weight is 258 g/mol. The molecule has 0 saturated carbocycles. The average Bonchev–Trinajstić information content (AvgIpc) is 2.93. The van der Waals surface area contributed by atoms with E-state index in [2.05, 4.69) is 20.6 Å². The van der Waals surface area contributed by atoms with E-state index in [0.29, 0.717) is 11.5 Å². The summed E-state index contributed by atoms with van der Waals surface area (Å²) in [5.74, 6) is 0.586. The second-order valence-corrected chi connectivity index (χ2v) is 5.04. The van der Waals surface area contributed by atoms with Crippen LogP contribution in [0.2, 0.25) is 0 Å². The molecule has 3 rings (SSSR count). The molecule has 1 aromatic carbocycles. The van der Waals surface area contributed by atoms with Gasteiger partial charge in [-0.15, -0.1) is 0 Å². The van der Waals surface area contributed by atoms with E-state index < -0.39 is 0 Å². The van der Waals surface area contributed by atoms with Gasteiger partial charge in [0.1, 0.15) is 0 Å². The first kappa shape index (κ1) is 12.2. The summed E-state index contributed by atoms with van der Waals surface area (Å²) in [6, 6.07) is 5.55. The first-order valence-electron chi connectivity index (χ1n) is 6.75. The number of amides is 1. The van der Waals surface area contributed by atoms with Gasteiger partial charge in [-0.2, -0.15) is 0 Å². The number of nitrogens with one attached hydrogen (secondary N) is 3. The van der Waals surface area contributed by atoms with E-state index in [-0.39, 0.29) is 5.91 Å². The highest BCUT2D eigenvalue weighted by Crippen LogP contribution is 2.13. The minimum Gasteiger partial charge on any atom is -0.352 e. The second kappa shape index (κ2) is 5.40. The monoisotopic (exact) mass is 258 g/mol. The zero-order valence-electron chi connectivity index (χ0n) is 10.8. The van der Waals surface area contributed by atoms with Gasteiger partial charge >= 0.3 is 0 Å². The summed E-state index contributed by atoms with van der Waals surface area (Å²) in [5, 5.41) is 6.35. The number of aromatic nitrogens is 2. The summed E-state index contributed by atoms with van der Waals surface area (Å²) in [6.45, 7) is 2.87. The molecule has 1 fully saturated rings. The van der Waals surface area contributed by atoms with Crippen molar-refractivity contribution in [3.05, 3.63) is 30.1 Å². The van der Waals surface area contributed by atoms with Crippen molar-refractivity contribution in [3.8, 4) is 0 Å². The van der Waals surface area contributed by atoms with Crippen LogP contribution in [0.4, 0.5) is 0 Å². The number of carbonyl (C=O) groups excluding carboxylic acids is 1. The van der Waals surface area contributed by atoms with Crippen molar-refractivity contribution in [2.75, 3.05) is 19.6 Å². The molecule has 0 bridgehead atoms. The highest BCUT2D eigenvalue weighted by atomic mass is 16.1. The highest BCUT2D eigenvalue weighted by Gasteiger charge is 2.14. The van der Waals surface area contributed by atoms with Crippen LogP contribution in [-0.2, 0) is 0 Å². The quantitative estimate of drug-likeness (QED) is 0.777. The lowest BCUT2D eigenvalue weighted by Gasteiger charge is -2.22.